The molecule has 0 aliphatic carbocycles. The van der Waals surface area contributed by atoms with Gasteiger partial charge >= 0.3 is 24.7 Å². The van der Waals surface area contributed by atoms with Crippen LogP contribution in [0, 0.1) is 5.92 Å². The van der Waals surface area contributed by atoms with Crippen molar-refractivity contribution in [2.24, 2.45) is 5.92 Å². The molecule has 0 spiro atoms. The van der Waals surface area contributed by atoms with Gasteiger partial charge in [-0.05, 0) is 93.7 Å². The molecule has 1 aliphatic heterocycles. The van der Waals surface area contributed by atoms with Gasteiger partial charge in [-0.2, -0.15) is 52.7 Å². The highest BCUT2D eigenvalue weighted by atomic mass is 19.4. The zero-order valence-corrected chi connectivity index (χ0v) is 27.6. The Balaban J connectivity index is 0.000000348. The van der Waals surface area contributed by atoms with Gasteiger partial charge in [-0.1, -0.05) is 20.3 Å². The predicted octanol–water partition coefficient (Wildman–Crippen LogP) is 7.80. The number of likely N-dealkylation sites (N-methyl/N-ethyl adjacent to an activating group) is 1. The molecule has 18 heteroatoms. The molecular weight excluding hydrogens is 700 g/mol. The molecule has 1 saturated heterocycles. The molecule has 0 bridgehead atoms. The van der Waals surface area contributed by atoms with E-state index in [1.54, 1.807) is 13.8 Å². The summed E-state index contributed by atoms with van der Waals surface area (Å²) in [6.07, 6.45) is -17.4. The molecule has 0 saturated carbocycles. The Morgan fingerprint density at radius 1 is 0.720 bits per heavy atom. The summed E-state index contributed by atoms with van der Waals surface area (Å²) in [6.45, 7) is 6.48. The van der Waals surface area contributed by atoms with Crippen molar-refractivity contribution in [2.75, 3.05) is 13.6 Å². The summed E-state index contributed by atoms with van der Waals surface area (Å²) in [5.74, 6) is -1.04. The molecule has 2 atom stereocenters. The number of rotatable bonds is 8. The molecule has 0 radical (unpaired) electrons. The van der Waals surface area contributed by atoms with Crippen LogP contribution in [0.1, 0.15) is 80.3 Å². The Kier molecular flexibility index (Phi) is 13.8. The monoisotopic (exact) mass is 738 g/mol. The third-order valence-corrected chi connectivity index (χ3v) is 7.75. The zero-order valence-electron chi connectivity index (χ0n) is 27.6. The quantitative estimate of drug-likeness (QED) is 0.209. The minimum Gasteiger partial charge on any atom is -0.351 e. The SMILES string of the molecule is CC(C)(NC(=O)[C@H]1CCCCN1)c1cc(C(F)(F)F)cc(C(F)(F)F)c1.CN[C@@H](C(=O)NCc1cc(C(F)(F)F)cc(C(F)(F)F)c1)C(C)C. The number of carbonyl (C=O) groups is 2. The van der Waals surface area contributed by atoms with Gasteiger partial charge in [0.15, 0.2) is 0 Å². The molecule has 282 valence electrons. The van der Waals surface area contributed by atoms with Gasteiger partial charge in [-0.3, -0.25) is 9.59 Å². The van der Waals surface area contributed by atoms with E-state index in [9.17, 15) is 62.3 Å². The Hall–Kier alpha value is -3.54. The lowest BCUT2D eigenvalue weighted by molar-refractivity contribution is -0.144. The number of piperidine rings is 1. The number of carbonyl (C=O) groups excluding carboxylic acids is 2. The van der Waals surface area contributed by atoms with Crippen molar-refractivity contribution in [3.8, 4) is 0 Å². The summed E-state index contributed by atoms with van der Waals surface area (Å²) >= 11 is 0. The second kappa shape index (κ2) is 16.2. The van der Waals surface area contributed by atoms with Gasteiger partial charge in [-0.25, -0.2) is 0 Å². The summed E-state index contributed by atoms with van der Waals surface area (Å²) in [7, 11) is 1.54. The number of amides is 2. The number of hydrogen-bond donors (Lipinski definition) is 4. The lowest BCUT2D eigenvalue weighted by Gasteiger charge is -2.32. The second-order valence-electron chi connectivity index (χ2n) is 12.6. The lowest BCUT2D eigenvalue weighted by atomic mass is 9.90. The highest BCUT2D eigenvalue weighted by molar-refractivity contribution is 5.83. The van der Waals surface area contributed by atoms with Gasteiger partial charge in [0.05, 0.1) is 39.9 Å². The van der Waals surface area contributed by atoms with E-state index in [2.05, 4.69) is 21.3 Å². The van der Waals surface area contributed by atoms with Gasteiger partial charge in [0.2, 0.25) is 11.8 Å². The molecule has 3 rings (SSSR count). The van der Waals surface area contributed by atoms with E-state index in [-0.39, 0.29) is 29.2 Å². The van der Waals surface area contributed by atoms with Crippen molar-refractivity contribution >= 4 is 11.8 Å². The summed E-state index contributed by atoms with van der Waals surface area (Å²) in [6, 6.07) is 1.50. The first-order valence-corrected chi connectivity index (χ1v) is 15.3. The largest absolute Gasteiger partial charge is 0.416 e. The summed E-state index contributed by atoms with van der Waals surface area (Å²) in [4.78, 5) is 24.3. The predicted molar refractivity (Wildman–Crippen MR) is 159 cm³/mol. The maximum absolute atomic E-state index is 13.0. The third-order valence-electron chi connectivity index (χ3n) is 7.75. The average Bonchev–Trinajstić information content (AvgIpc) is 2.98. The molecule has 0 unspecified atom stereocenters. The van der Waals surface area contributed by atoms with Gasteiger partial charge in [0, 0.05) is 6.54 Å². The van der Waals surface area contributed by atoms with Crippen molar-refractivity contribution < 1.29 is 62.3 Å². The normalized spacial score (nSPS) is 16.7. The highest BCUT2D eigenvalue weighted by Gasteiger charge is 2.40. The first-order chi connectivity index (χ1) is 22.7. The molecule has 0 aromatic heterocycles. The average molecular weight is 739 g/mol. The van der Waals surface area contributed by atoms with Crippen LogP contribution < -0.4 is 21.3 Å². The number of halogens is 12. The van der Waals surface area contributed by atoms with Crippen molar-refractivity contribution in [3.63, 3.8) is 0 Å². The Bertz CT molecular complexity index is 1390. The molecule has 2 aromatic carbocycles. The lowest BCUT2D eigenvalue weighted by Crippen LogP contribution is -2.52. The molecule has 1 fully saturated rings. The van der Waals surface area contributed by atoms with Crippen molar-refractivity contribution in [2.45, 2.75) is 95.8 Å². The Morgan fingerprint density at radius 3 is 1.50 bits per heavy atom. The van der Waals surface area contributed by atoms with Crippen LogP contribution in [-0.2, 0) is 46.4 Å². The van der Waals surface area contributed by atoms with Crippen LogP contribution >= 0.6 is 0 Å². The molecule has 1 aliphatic rings. The van der Waals surface area contributed by atoms with Gasteiger partial charge in [0.25, 0.3) is 0 Å². The Morgan fingerprint density at radius 2 is 1.14 bits per heavy atom. The van der Waals surface area contributed by atoms with Crippen molar-refractivity contribution in [1.82, 2.24) is 21.3 Å². The molecule has 2 amide bonds. The van der Waals surface area contributed by atoms with E-state index >= 15 is 0 Å². The molecule has 50 heavy (non-hydrogen) atoms. The molecular formula is C32H38F12N4O2. The number of benzene rings is 2. The zero-order chi connectivity index (χ0) is 38.5. The minimum absolute atomic E-state index is 0.0514. The smallest absolute Gasteiger partial charge is 0.351 e. The fourth-order valence-electron chi connectivity index (χ4n) is 5.05. The third kappa shape index (κ3) is 12.3. The summed E-state index contributed by atoms with van der Waals surface area (Å²) < 4.78 is 155. The van der Waals surface area contributed by atoms with Gasteiger partial charge in [-0.15, -0.1) is 0 Å². The van der Waals surface area contributed by atoms with E-state index < -0.39 is 82.9 Å². The topological polar surface area (TPSA) is 82.3 Å². The number of hydrogen-bond acceptors (Lipinski definition) is 4. The van der Waals surface area contributed by atoms with E-state index in [1.807, 2.05) is 0 Å². The molecule has 6 nitrogen and oxygen atoms in total. The minimum atomic E-state index is -4.93. The van der Waals surface area contributed by atoms with Gasteiger partial charge in [0.1, 0.15) is 0 Å². The van der Waals surface area contributed by atoms with Crippen molar-refractivity contribution in [1.29, 1.82) is 0 Å². The second-order valence-corrected chi connectivity index (χ2v) is 12.6. The van der Waals surface area contributed by atoms with Crippen LogP contribution in [0.5, 0.6) is 0 Å². The van der Waals surface area contributed by atoms with Crippen LogP contribution in [0.15, 0.2) is 36.4 Å². The molecule has 4 N–H and O–H groups in total. The molecule has 2 aromatic rings. The maximum Gasteiger partial charge on any atom is 0.416 e. The van der Waals surface area contributed by atoms with Gasteiger partial charge < -0.3 is 21.3 Å². The summed E-state index contributed by atoms with van der Waals surface area (Å²) in [5.41, 5.74) is -7.56. The van der Waals surface area contributed by atoms with Crippen LogP contribution in [0.2, 0.25) is 0 Å². The van der Waals surface area contributed by atoms with Crippen molar-refractivity contribution in [3.05, 3.63) is 69.8 Å². The van der Waals surface area contributed by atoms with E-state index in [1.165, 1.54) is 20.9 Å². The van der Waals surface area contributed by atoms with E-state index in [4.69, 9.17) is 0 Å². The standard InChI is InChI=1S/C17H20F6N2O.C15H18F6N2O/c1-15(2,25-14(26)13-5-3-4-6-24-13)10-7-11(16(18,19)20)9-12(8-10)17(21,22)23;1-8(2)12(22-3)13(24)23-7-9-4-10(14(16,17)18)6-11(5-9)15(19,20)21/h7-9,13,24H,3-6H2,1-2H3,(H,25,26);4-6,8,12,22H,7H2,1-3H3,(H,23,24)/t13-;12-/m11/s1. The van der Waals surface area contributed by atoms with Crippen LogP contribution in [0.4, 0.5) is 52.7 Å². The number of alkyl halides is 12. The fraction of sp³-hybridized carbons (Fsp3) is 0.562. The maximum atomic E-state index is 13.0. The fourth-order valence-corrected chi connectivity index (χ4v) is 5.05. The van der Waals surface area contributed by atoms with Crippen LogP contribution in [0.3, 0.4) is 0 Å². The van der Waals surface area contributed by atoms with Crippen LogP contribution in [0.25, 0.3) is 0 Å². The highest BCUT2D eigenvalue weighted by Crippen LogP contribution is 2.39. The Labute approximate surface area is 280 Å². The first kappa shape index (κ1) is 42.6. The van der Waals surface area contributed by atoms with E-state index in [0.717, 1.165) is 12.8 Å². The number of nitrogens with one attached hydrogen (secondary N) is 4. The van der Waals surface area contributed by atoms with E-state index in [0.29, 0.717) is 37.2 Å². The molecule has 1 heterocycles. The summed E-state index contributed by atoms with van der Waals surface area (Å²) in [5, 5.41) is 10.6. The first-order valence-electron chi connectivity index (χ1n) is 15.3. The van der Waals surface area contributed by atoms with Crippen LogP contribution in [-0.4, -0.2) is 37.5 Å².